The van der Waals surface area contributed by atoms with Crippen LogP contribution in [0.15, 0.2) is 24.5 Å². The predicted molar refractivity (Wildman–Crippen MR) is 51.8 cm³/mol. The van der Waals surface area contributed by atoms with Gasteiger partial charge in [0.05, 0.1) is 11.4 Å². The second-order valence-corrected chi connectivity index (χ2v) is 3.73. The molecule has 0 atom stereocenters. The smallest absolute Gasteiger partial charge is 0.0883 e. The molecule has 1 saturated carbocycles. The van der Waals surface area contributed by atoms with Crippen molar-refractivity contribution in [2.75, 3.05) is 0 Å². The van der Waals surface area contributed by atoms with Gasteiger partial charge in [-0.25, -0.2) is 0 Å². The lowest BCUT2D eigenvalue weighted by molar-refractivity contribution is 0.869. The van der Waals surface area contributed by atoms with Crippen molar-refractivity contribution in [3.63, 3.8) is 0 Å². The van der Waals surface area contributed by atoms with Crippen molar-refractivity contribution in [2.24, 2.45) is 5.41 Å². The van der Waals surface area contributed by atoms with Crippen molar-refractivity contribution in [3.05, 3.63) is 35.9 Å². The highest BCUT2D eigenvalue weighted by Gasteiger charge is 2.37. The van der Waals surface area contributed by atoms with E-state index in [9.17, 15) is 0 Å². The van der Waals surface area contributed by atoms with Crippen molar-refractivity contribution in [3.8, 4) is 0 Å². The van der Waals surface area contributed by atoms with Crippen LogP contribution in [0.3, 0.4) is 0 Å². The van der Waals surface area contributed by atoms with E-state index in [0.29, 0.717) is 5.41 Å². The van der Waals surface area contributed by atoms with Gasteiger partial charge in [-0.1, -0.05) is 12.2 Å². The third-order valence-electron chi connectivity index (χ3n) is 2.73. The van der Waals surface area contributed by atoms with Gasteiger partial charge in [0.25, 0.3) is 0 Å². The summed E-state index contributed by atoms with van der Waals surface area (Å²) in [6.07, 6.45) is 14.7. The average Bonchev–Trinajstić information content (AvgIpc) is 2.96. The first-order valence-electron chi connectivity index (χ1n) is 4.58. The van der Waals surface area contributed by atoms with Crippen LogP contribution in [0.2, 0.25) is 0 Å². The molecule has 0 N–H and O–H groups in total. The molecule has 2 aliphatic rings. The maximum Gasteiger partial charge on any atom is 0.0883 e. The SMILES string of the molecule is C1=CC2(C=Cc3nccnc31)CC2. The molecular weight excluding hydrogens is 160 g/mol. The number of hydrogen-bond acceptors (Lipinski definition) is 2. The van der Waals surface area contributed by atoms with Crippen LogP contribution in [0, 0.1) is 5.41 Å². The second kappa shape index (κ2) is 2.28. The predicted octanol–water partition coefficient (Wildman–Crippen LogP) is 2.30. The van der Waals surface area contributed by atoms with Crippen LogP contribution in [0.4, 0.5) is 0 Å². The molecule has 0 bridgehead atoms. The van der Waals surface area contributed by atoms with Crippen LogP contribution >= 0.6 is 0 Å². The first kappa shape index (κ1) is 7.01. The standard InChI is InChI=1S/C11H10N2/c1-3-11(5-6-11)4-2-10-9(1)12-7-8-13-10/h1-4,7-8H,5-6H2. The molecule has 0 unspecified atom stereocenters. The van der Waals surface area contributed by atoms with Gasteiger partial charge in [0, 0.05) is 17.8 Å². The topological polar surface area (TPSA) is 25.8 Å². The Morgan fingerprint density at radius 3 is 1.92 bits per heavy atom. The molecule has 1 spiro atoms. The number of aromatic nitrogens is 2. The van der Waals surface area contributed by atoms with E-state index in [1.165, 1.54) is 12.8 Å². The Kier molecular flexibility index (Phi) is 1.23. The Morgan fingerprint density at radius 1 is 0.923 bits per heavy atom. The molecule has 0 amide bonds. The summed E-state index contributed by atoms with van der Waals surface area (Å²) in [6.45, 7) is 0. The van der Waals surface area contributed by atoms with Crippen LogP contribution in [0.1, 0.15) is 24.2 Å². The van der Waals surface area contributed by atoms with Gasteiger partial charge >= 0.3 is 0 Å². The quantitative estimate of drug-likeness (QED) is 0.597. The van der Waals surface area contributed by atoms with E-state index >= 15 is 0 Å². The Hall–Kier alpha value is -1.44. The van der Waals surface area contributed by atoms with Crippen LogP contribution in [-0.2, 0) is 0 Å². The van der Waals surface area contributed by atoms with E-state index in [0.717, 1.165) is 11.4 Å². The van der Waals surface area contributed by atoms with Gasteiger partial charge in [-0.2, -0.15) is 0 Å². The lowest BCUT2D eigenvalue weighted by Gasteiger charge is -1.96. The van der Waals surface area contributed by atoms with Gasteiger partial charge in [-0.15, -0.1) is 0 Å². The minimum atomic E-state index is 0.350. The third kappa shape index (κ3) is 1.10. The minimum absolute atomic E-state index is 0.350. The molecule has 0 saturated heterocycles. The second-order valence-electron chi connectivity index (χ2n) is 3.73. The molecular formula is C11H10N2. The molecule has 64 valence electrons. The molecule has 2 nitrogen and oxygen atoms in total. The monoisotopic (exact) mass is 170 g/mol. The molecule has 0 radical (unpaired) electrons. The number of allylic oxidation sites excluding steroid dienone is 2. The molecule has 3 rings (SSSR count). The maximum atomic E-state index is 4.27. The summed E-state index contributed by atoms with van der Waals surface area (Å²) in [6, 6.07) is 0. The summed E-state index contributed by atoms with van der Waals surface area (Å²) >= 11 is 0. The zero-order chi connectivity index (χ0) is 8.73. The Labute approximate surface area is 77.0 Å². The Bertz CT molecular complexity index is 365. The van der Waals surface area contributed by atoms with Crippen molar-refractivity contribution >= 4 is 12.2 Å². The zero-order valence-electron chi connectivity index (χ0n) is 7.27. The van der Waals surface area contributed by atoms with Crippen molar-refractivity contribution in [2.45, 2.75) is 12.8 Å². The lowest BCUT2D eigenvalue weighted by Crippen LogP contribution is -1.87. The minimum Gasteiger partial charge on any atom is -0.253 e. The highest BCUT2D eigenvalue weighted by molar-refractivity contribution is 5.64. The molecule has 1 aromatic heterocycles. The van der Waals surface area contributed by atoms with Gasteiger partial charge < -0.3 is 0 Å². The van der Waals surface area contributed by atoms with Gasteiger partial charge in [0.15, 0.2) is 0 Å². The Morgan fingerprint density at radius 2 is 1.46 bits per heavy atom. The molecule has 0 aliphatic heterocycles. The van der Waals surface area contributed by atoms with Crippen molar-refractivity contribution < 1.29 is 0 Å². The van der Waals surface area contributed by atoms with Crippen LogP contribution in [-0.4, -0.2) is 9.97 Å². The normalized spacial score (nSPS) is 21.2. The first-order valence-corrected chi connectivity index (χ1v) is 4.58. The van der Waals surface area contributed by atoms with E-state index in [1.54, 1.807) is 12.4 Å². The first-order chi connectivity index (χ1) is 6.38. The highest BCUT2D eigenvalue weighted by atomic mass is 14.8. The van der Waals surface area contributed by atoms with E-state index < -0.39 is 0 Å². The summed E-state index contributed by atoms with van der Waals surface area (Å²) in [5, 5.41) is 0. The van der Waals surface area contributed by atoms with Crippen molar-refractivity contribution in [1.29, 1.82) is 0 Å². The highest BCUT2D eigenvalue weighted by Crippen LogP contribution is 2.50. The summed E-state index contributed by atoms with van der Waals surface area (Å²) in [4.78, 5) is 8.54. The van der Waals surface area contributed by atoms with Gasteiger partial charge in [-0.3, -0.25) is 9.97 Å². The third-order valence-corrected chi connectivity index (χ3v) is 2.73. The molecule has 1 fully saturated rings. The number of nitrogens with zero attached hydrogens (tertiary/aromatic N) is 2. The van der Waals surface area contributed by atoms with Gasteiger partial charge in [0.2, 0.25) is 0 Å². The molecule has 0 aromatic carbocycles. The fourth-order valence-corrected chi connectivity index (χ4v) is 1.64. The maximum absolute atomic E-state index is 4.27. The summed E-state index contributed by atoms with van der Waals surface area (Å²) < 4.78 is 0. The number of rotatable bonds is 0. The zero-order valence-corrected chi connectivity index (χ0v) is 7.27. The fraction of sp³-hybridized carbons (Fsp3) is 0.273. The number of hydrogen-bond donors (Lipinski definition) is 0. The molecule has 2 heteroatoms. The lowest BCUT2D eigenvalue weighted by atomic mass is 10.1. The van der Waals surface area contributed by atoms with Gasteiger partial charge in [-0.05, 0) is 25.0 Å². The van der Waals surface area contributed by atoms with Crippen molar-refractivity contribution in [1.82, 2.24) is 9.97 Å². The summed E-state index contributed by atoms with van der Waals surface area (Å²) in [5.41, 5.74) is 2.33. The molecule has 2 aliphatic carbocycles. The van der Waals surface area contributed by atoms with E-state index in [-0.39, 0.29) is 0 Å². The Balaban J connectivity index is 2.14. The fourth-order valence-electron chi connectivity index (χ4n) is 1.64. The van der Waals surface area contributed by atoms with E-state index in [4.69, 9.17) is 0 Å². The molecule has 1 heterocycles. The van der Waals surface area contributed by atoms with Crippen LogP contribution in [0.25, 0.3) is 12.2 Å². The summed E-state index contributed by atoms with van der Waals surface area (Å²) in [5.74, 6) is 0. The van der Waals surface area contributed by atoms with E-state index in [1.807, 2.05) is 0 Å². The van der Waals surface area contributed by atoms with E-state index in [2.05, 4.69) is 34.3 Å². The number of fused-ring (bicyclic) bond motifs is 1. The van der Waals surface area contributed by atoms with Crippen LogP contribution in [0.5, 0.6) is 0 Å². The largest absolute Gasteiger partial charge is 0.253 e. The molecule has 13 heavy (non-hydrogen) atoms. The average molecular weight is 170 g/mol. The van der Waals surface area contributed by atoms with Gasteiger partial charge in [0.1, 0.15) is 0 Å². The van der Waals surface area contributed by atoms with Crippen LogP contribution < -0.4 is 0 Å². The molecule has 1 aromatic rings. The summed E-state index contributed by atoms with van der Waals surface area (Å²) in [7, 11) is 0.